The molecule has 2 saturated heterocycles. The molecule has 40 heavy (non-hydrogen) atoms. The monoisotopic (exact) mass is 543 g/mol. The molecule has 3 aliphatic heterocycles. The van der Waals surface area contributed by atoms with Crippen LogP contribution in [0.4, 0.5) is 5.69 Å². The molecule has 1 spiro atoms. The number of carbonyl (C=O) groups excluding carboxylic acids is 3. The SMILES string of the molecule is COc1ccc(CN2C(=O)[C@H]3C(C(=O)Nc4ccc(C)c(C)c4)[C@H]4C=CC3(O4)C2C(=O)NC2CCCCC2)cc1. The average Bonchev–Trinajstić information content (AvgIpc) is 3.59. The van der Waals surface area contributed by atoms with Crippen LogP contribution in [-0.4, -0.2) is 53.5 Å². The number of likely N-dealkylation sites (tertiary alicyclic amines) is 1. The first-order valence-corrected chi connectivity index (χ1v) is 14.3. The number of rotatable bonds is 7. The number of ether oxygens (including phenoxy) is 2. The van der Waals surface area contributed by atoms with E-state index < -0.39 is 29.6 Å². The van der Waals surface area contributed by atoms with Crippen molar-refractivity contribution in [3.63, 3.8) is 0 Å². The molecule has 2 bridgehead atoms. The van der Waals surface area contributed by atoms with E-state index in [2.05, 4.69) is 10.6 Å². The molecular weight excluding hydrogens is 506 g/mol. The zero-order valence-corrected chi connectivity index (χ0v) is 23.3. The van der Waals surface area contributed by atoms with E-state index in [0.29, 0.717) is 11.4 Å². The Hall–Kier alpha value is -3.65. The predicted molar refractivity (Wildman–Crippen MR) is 151 cm³/mol. The highest BCUT2D eigenvalue weighted by molar-refractivity contribution is 6.02. The number of methoxy groups -OCH3 is 1. The van der Waals surface area contributed by atoms with Gasteiger partial charge in [-0.15, -0.1) is 0 Å². The summed E-state index contributed by atoms with van der Waals surface area (Å²) in [7, 11) is 1.61. The Morgan fingerprint density at radius 3 is 2.48 bits per heavy atom. The summed E-state index contributed by atoms with van der Waals surface area (Å²) in [5, 5.41) is 6.25. The number of benzene rings is 2. The van der Waals surface area contributed by atoms with Gasteiger partial charge in [0.15, 0.2) is 0 Å². The highest BCUT2D eigenvalue weighted by atomic mass is 16.5. The Labute approximate surface area is 235 Å². The number of nitrogens with zero attached hydrogens (tertiary/aromatic N) is 1. The van der Waals surface area contributed by atoms with E-state index >= 15 is 0 Å². The fourth-order valence-corrected chi connectivity index (χ4v) is 6.94. The molecule has 2 aromatic rings. The van der Waals surface area contributed by atoms with Crippen molar-refractivity contribution in [2.24, 2.45) is 11.8 Å². The second-order valence-corrected chi connectivity index (χ2v) is 11.6. The number of carbonyl (C=O) groups is 3. The highest BCUT2D eigenvalue weighted by Crippen LogP contribution is 2.55. The maximum atomic E-state index is 14.2. The van der Waals surface area contributed by atoms with Gasteiger partial charge in [-0.1, -0.05) is 49.6 Å². The topological polar surface area (TPSA) is 97.0 Å². The number of amides is 3. The van der Waals surface area contributed by atoms with Crippen LogP contribution in [0.25, 0.3) is 0 Å². The molecule has 2 N–H and O–H groups in total. The van der Waals surface area contributed by atoms with E-state index in [1.165, 1.54) is 6.42 Å². The van der Waals surface area contributed by atoms with Crippen molar-refractivity contribution in [2.75, 3.05) is 12.4 Å². The third-order valence-corrected chi connectivity index (χ3v) is 9.16. The van der Waals surface area contributed by atoms with Crippen LogP contribution < -0.4 is 15.4 Å². The first-order chi connectivity index (χ1) is 19.3. The second kappa shape index (κ2) is 10.4. The molecule has 3 fully saturated rings. The molecular formula is C32H37N3O5. The van der Waals surface area contributed by atoms with Gasteiger partial charge in [-0.3, -0.25) is 14.4 Å². The van der Waals surface area contributed by atoms with Crippen molar-refractivity contribution in [2.45, 2.75) is 76.3 Å². The third kappa shape index (κ3) is 4.48. The molecule has 8 heteroatoms. The maximum Gasteiger partial charge on any atom is 0.246 e. The van der Waals surface area contributed by atoms with E-state index in [1.54, 1.807) is 12.0 Å². The molecule has 1 aliphatic carbocycles. The minimum Gasteiger partial charge on any atom is -0.497 e. The van der Waals surface area contributed by atoms with Crippen LogP contribution in [0.2, 0.25) is 0 Å². The Kier molecular flexibility index (Phi) is 6.90. The average molecular weight is 544 g/mol. The molecule has 5 atom stereocenters. The van der Waals surface area contributed by atoms with Crippen molar-refractivity contribution >= 4 is 23.4 Å². The minimum absolute atomic E-state index is 0.0843. The zero-order chi connectivity index (χ0) is 28.0. The van der Waals surface area contributed by atoms with Crippen molar-refractivity contribution in [1.29, 1.82) is 0 Å². The summed E-state index contributed by atoms with van der Waals surface area (Å²) >= 11 is 0. The summed E-state index contributed by atoms with van der Waals surface area (Å²) in [6.45, 7) is 4.25. The molecule has 6 rings (SSSR count). The van der Waals surface area contributed by atoms with Gasteiger partial charge in [-0.2, -0.15) is 0 Å². The molecule has 3 unspecified atom stereocenters. The lowest BCUT2D eigenvalue weighted by molar-refractivity contribution is -0.142. The van der Waals surface area contributed by atoms with Crippen LogP contribution >= 0.6 is 0 Å². The fraction of sp³-hybridized carbons (Fsp3) is 0.469. The fourth-order valence-electron chi connectivity index (χ4n) is 6.94. The molecule has 210 valence electrons. The summed E-state index contributed by atoms with van der Waals surface area (Å²) in [6, 6.07) is 12.5. The van der Waals surface area contributed by atoms with Crippen molar-refractivity contribution < 1.29 is 23.9 Å². The lowest BCUT2D eigenvalue weighted by Gasteiger charge is -2.34. The van der Waals surface area contributed by atoms with Crippen LogP contribution in [0.5, 0.6) is 5.75 Å². The molecule has 1 saturated carbocycles. The van der Waals surface area contributed by atoms with E-state index in [0.717, 1.165) is 42.4 Å². The number of hydrogen-bond acceptors (Lipinski definition) is 5. The minimum atomic E-state index is -1.18. The molecule has 8 nitrogen and oxygen atoms in total. The van der Waals surface area contributed by atoms with Crippen molar-refractivity contribution in [3.8, 4) is 5.75 Å². The summed E-state index contributed by atoms with van der Waals surface area (Å²) < 4.78 is 11.8. The summed E-state index contributed by atoms with van der Waals surface area (Å²) in [5.74, 6) is -1.51. The standard InChI is InChI=1S/C32H37N3O5/c1-19-9-12-23(17-20(19)2)34-29(36)26-25-15-16-32(40-25)27(26)31(38)35(18-21-10-13-24(39-3)14-11-21)28(32)30(37)33-22-7-5-4-6-8-22/h9-17,22,25-28H,4-8,18H2,1-3H3,(H,33,37)(H,34,36)/t25-,26?,27-,28?,32?/m1/s1. The number of anilines is 1. The van der Waals surface area contributed by atoms with E-state index in [1.807, 2.05) is 68.5 Å². The molecule has 4 aliphatic rings. The number of aryl methyl sites for hydroxylation is 2. The summed E-state index contributed by atoms with van der Waals surface area (Å²) in [6.07, 6.45) is 8.35. The molecule has 0 aromatic heterocycles. The van der Waals surface area contributed by atoms with Crippen LogP contribution in [0, 0.1) is 25.7 Å². The quantitative estimate of drug-likeness (QED) is 0.514. The Bertz CT molecular complexity index is 1350. The lowest BCUT2D eigenvalue weighted by atomic mass is 9.74. The van der Waals surface area contributed by atoms with Gasteiger partial charge >= 0.3 is 0 Å². The van der Waals surface area contributed by atoms with Gasteiger partial charge in [0.05, 0.1) is 25.0 Å². The number of hydrogen-bond donors (Lipinski definition) is 2. The van der Waals surface area contributed by atoms with Crippen molar-refractivity contribution in [3.05, 3.63) is 71.3 Å². The Balaban J connectivity index is 1.31. The first kappa shape index (κ1) is 26.6. The van der Waals surface area contributed by atoms with E-state index in [9.17, 15) is 14.4 Å². The first-order valence-electron chi connectivity index (χ1n) is 14.3. The van der Waals surface area contributed by atoms with Gasteiger partial charge in [-0.25, -0.2) is 0 Å². The predicted octanol–water partition coefficient (Wildman–Crippen LogP) is 4.05. The molecule has 2 aromatic carbocycles. The summed E-state index contributed by atoms with van der Waals surface area (Å²) in [4.78, 5) is 43.5. The van der Waals surface area contributed by atoms with Crippen LogP contribution in [0.15, 0.2) is 54.6 Å². The molecule has 0 radical (unpaired) electrons. The van der Waals surface area contributed by atoms with Crippen LogP contribution in [-0.2, 0) is 25.7 Å². The Morgan fingerprint density at radius 2 is 1.77 bits per heavy atom. The normalized spacial score (nSPS) is 29.0. The smallest absolute Gasteiger partial charge is 0.246 e. The van der Waals surface area contributed by atoms with Crippen molar-refractivity contribution in [1.82, 2.24) is 10.2 Å². The van der Waals surface area contributed by atoms with Gasteiger partial charge in [0.1, 0.15) is 17.4 Å². The third-order valence-electron chi connectivity index (χ3n) is 9.16. The van der Waals surface area contributed by atoms with Gasteiger partial charge in [-0.05, 0) is 67.6 Å². The van der Waals surface area contributed by atoms with Gasteiger partial charge in [0.25, 0.3) is 0 Å². The van der Waals surface area contributed by atoms with E-state index in [4.69, 9.17) is 9.47 Å². The molecule has 3 amide bonds. The highest BCUT2D eigenvalue weighted by Gasteiger charge is 2.72. The maximum absolute atomic E-state index is 14.2. The Morgan fingerprint density at radius 1 is 1.02 bits per heavy atom. The second-order valence-electron chi connectivity index (χ2n) is 11.6. The summed E-state index contributed by atoms with van der Waals surface area (Å²) in [5.41, 5.74) is 2.57. The van der Waals surface area contributed by atoms with Gasteiger partial charge in [0, 0.05) is 18.3 Å². The number of fused-ring (bicyclic) bond motifs is 1. The molecule has 3 heterocycles. The zero-order valence-electron chi connectivity index (χ0n) is 23.3. The van der Waals surface area contributed by atoms with E-state index in [-0.39, 0.29) is 30.3 Å². The van der Waals surface area contributed by atoms with Crippen LogP contribution in [0.1, 0.15) is 48.8 Å². The van der Waals surface area contributed by atoms with Gasteiger partial charge in [0.2, 0.25) is 17.7 Å². The lowest BCUT2D eigenvalue weighted by Crippen LogP contribution is -2.56. The van der Waals surface area contributed by atoms with Crippen LogP contribution in [0.3, 0.4) is 0 Å². The largest absolute Gasteiger partial charge is 0.497 e. The van der Waals surface area contributed by atoms with Gasteiger partial charge < -0.3 is 25.0 Å². The number of nitrogens with one attached hydrogen (secondary N) is 2.